The first-order chi connectivity index (χ1) is 10.3. The molecule has 21 heavy (non-hydrogen) atoms. The fraction of sp³-hybridized carbons (Fsp3) is 0.556. The van der Waals surface area contributed by atoms with Gasteiger partial charge in [0, 0.05) is 30.6 Å². The molecule has 1 aromatic heterocycles. The molecule has 1 aliphatic heterocycles. The van der Waals surface area contributed by atoms with Gasteiger partial charge in [0.25, 0.3) is 0 Å². The average molecular weight is 286 g/mol. The highest BCUT2D eigenvalue weighted by molar-refractivity contribution is 5.82. The molecule has 1 saturated heterocycles. The van der Waals surface area contributed by atoms with Gasteiger partial charge in [-0.3, -0.25) is 0 Å². The van der Waals surface area contributed by atoms with Crippen molar-refractivity contribution in [1.29, 1.82) is 0 Å². The number of rotatable bonds is 5. The molecule has 0 radical (unpaired) electrons. The number of nitrogens with zero attached hydrogens (tertiary/aromatic N) is 1. The second-order valence-electron chi connectivity index (χ2n) is 6.07. The fourth-order valence-corrected chi connectivity index (χ4v) is 3.25. The molecule has 0 bridgehead atoms. The van der Waals surface area contributed by atoms with Crippen molar-refractivity contribution in [3.8, 4) is 0 Å². The maximum absolute atomic E-state index is 5.81. The molecule has 2 heterocycles. The van der Waals surface area contributed by atoms with E-state index in [0.717, 1.165) is 31.0 Å². The Balaban J connectivity index is 1.51. The summed E-state index contributed by atoms with van der Waals surface area (Å²) < 4.78 is 5.81. The van der Waals surface area contributed by atoms with E-state index in [1.54, 1.807) is 0 Å². The molecule has 1 N–H and O–H groups in total. The van der Waals surface area contributed by atoms with Crippen molar-refractivity contribution in [1.82, 2.24) is 10.2 Å². The summed E-state index contributed by atoms with van der Waals surface area (Å²) in [5.74, 6) is 1.04. The second-order valence-corrected chi connectivity index (χ2v) is 6.07. The van der Waals surface area contributed by atoms with E-state index >= 15 is 0 Å². The molecule has 0 spiro atoms. The van der Waals surface area contributed by atoms with E-state index in [4.69, 9.17) is 4.42 Å². The van der Waals surface area contributed by atoms with Crippen LogP contribution in [0.3, 0.4) is 0 Å². The van der Waals surface area contributed by atoms with Gasteiger partial charge in [-0.25, -0.2) is 0 Å². The molecule has 1 aliphatic rings. The number of aryl methyl sites for hydroxylation is 1. The third-order valence-corrected chi connectivity index (χ3v) is 4.51. The van der Waals surface area contributed by atoms with Gasteiger partial charge >= 0.3 is 0 Å². The van der Waals surface area contributed by atoms with E-state index in [2.05, 4.69) is 29.3 Å². The Morgan fingerprint density at radius 2 is 1.86 bits per heavy atom. The van der Waals surface area contributed by atoms with E-state index in [1.807, 2.05) is 12.1 Å². The number of benzene rings is 1. The summed E-state index contributed by atoms with van der Waals surface area (Å²) in [4.78, 5) is 2.60. The lowest BCUT2D eigenvalue weighted by molar-refractivity contribution is 0.284. The van der Waals surface area contributed by atoms with Crippen LogP contribution in [0.25, 0.3) is 11.0 Å². The van der Waals surface area contributed by atoms with Gasteiger partial charge in [0.05, 0.1) is 0 Å². The molecule has 0 saturated carbocycles. The van der Waals surface area contributed by atoms with Crippen LogP contribution in [0.2, 0.25) is 0 Å². The van der Waals surface area contributed by atoms with Crippen molar-refractivity contribution in [2.75, 3.05) is 26.2 Å². The lowest BCUT2D eigenvalue weighted by Gasteiger charge is -2.19. The van der Waals surface area contributed by atoms with Crippen LogP contribution in [-0.2, 0) is 6.54 Å². The SMILES string of the molecule is Cc1oc2ccccc2c1CNCCN1CCCCCC1. The lowest BCUT2D eigenvalue weighted by Crippen LogP contribution is -2.32. The molecule has 0 unspecified atom stereocenters. The van der Waals surface area contributed by atoms with Crippen LogP contribution in [0.1, 0.15) is 37.0 Å². The third kappa shape index (κ3) is 3.66. The highest BCUT2D eigenvalue weighted by atomic mass is 16.3. The fourth-order valence-electron chi connectivity index (χ4n) is 3.25. The number of para-hydroxylation sites is 1. The van der Waals surface area contributed by atoms with Gasteiger partial charge in [-0.15, -0.1) is 0 Å². The first-order valence-electron chi connectivity index (χ1n) is 8.24. The highest BCUT2D eigenvalue weighted by Gasteiger charge is 2.11. The van der Waals surface area contributed by atoms with Crippen LogP contribution in [0.4, 0.5) is 0 Å². The number of hydrogen-bond donors (Lipinski definition) is 1. The summed E-state index contributed by atoms with van der Waals surface area (Å²) in [6, 6.07) is 8.31. The van der Waals surface area contributed by atoms with Crippen LogP contribution in [-0.4, -0.2) is 31.1 Å². The Labute approximate surface area is 127 Å². The molecule has 114 valence electrons. The number of likely N-dealkylation sites (tertiary alicyclic amines) is 1. The zero-order valence-corrected chi connectivity index (χ0v) is 13.0. The molecule has 1 aromatic carbocycles. The van der Waals surface area contributed by atoms with Crippen molar-refractivity contribution in [2.45, 2.75) is 39.2 Å². The first-order valence-corrected chi connectivity index (χ1v) is 8.24. The molecule has 1 fully saturated rings. The molecule has 0 amide bonds. The zero-order chi connectivity index (χ0) is 14.5. The minimum atomic E-state index is 0.899. The molecule has 0 atom stereocenters. The minimum absolute atomic E-state index is 0.899. The van der Waals surface area contributed by atoms with E-state index < -0.39 is 0 Å². The Bertz CT molecular complexity index is 568. The van der Waals surface area contributed by atoms with Gasteiger partial charge in [0.1, 0.15) is 11.3 Å². The van der Waals surface area contributed by atoms with Crippen molar-refractivity contribution in [2.24, 2.45) is 0 Å². The van der Waals surface area contributed by atoms with E-state index in [9.17, 15) is 0 Å². The van der Waals surface area contributed by atoms with Crippen LogP contribution in [0.5, 0.6) is 0 Å². The van der Waals surface area contributed by atoms with Crippen molar-refractivity contribution in [3.63, 3.8) is 0 Å². The summed E-state index contributed by atoms with van der Waals surface area (Å²) in [5, 5.41) is 4.83. The van der Waals surface area contributed by atoms with Crippen molar-refractivity contribution in [3.05, 3.63) is 35.6 Å². The third-order valence-electron chi connectivity index (χ3n) is 4.51. The van der Waals surface area contributed by atoms with Gasteiger partial charge in [-0.1, -0.05) is 31.0 Å². The predicted molar refractivity (Wildman–Crippen MR) is 87.6 cm³/mol. The quantitative estimate of drug-likeness (QED) is 0.849. The Morgan fingerprint density at radius 1 is 1.10 bits per heavy atom. The molecule has 0 aliphatic carbocycles. The van der Waals surface area contributed by atoms with Crippen LogP contribution in [0.15, 0.2) is 28.7 Å². The maximum atomic E-state index is 5.81. The molecule has 3 nitrogen and oxygen atoms in total. The standard InChI is InChI=1S/C18H26N2O/c1-15-17(16-8-4-5-9-18(16)21-15)14-19-10-13-20-11-6-2-3-7-12-20/h4-5,8-9,19H,2-3,6-7,10-14H2,1H3. The maximum Gasteiger partial charge on any atom is 0.134 e. The number of hydrogen-bond acceptors (Lipinski definition) is 3. The topological polar surface area (TPSA) is 28.4 Å². The van der Waals surface area contributed by atoms with E-state index in [0.29, 0.717) is 0 Å². The summed E-state index contributed by atoms with van der Waals surface area (Å²) in [7, 11) is 0. The Hall–Kier alpha value is -1.32. The summed E-state index contributed by atoms with van der Waals surface area (Å²) in [6.45, 7) is 7.72. The van der Waals surface area contributed by atoms with Gasteiger partial charge in [0.15, 0.2) is 0 Å². The Kier molecular flexibility index (Phi) is 4.94. The Morgan fingerprint density at radius 3 is 2.67 bits per heavy atom. The van der Waals surface area contributed by atoms with Gasteiger partial charge in [0.2, 0.25) is 0 Å². The molecular formula is C18H26N2O. The largest absolute Gasteiger partial charge is 0.461 e. The smallest absolute Gasteiger partial charge is 0.134 e. The summed E-state index contributed by atoms with van der Waals surface area (Å²) in [5.41, 5.74) is 2.31. The van der Waals surface area contributed by atoms with Crippen LogP contribution >= 0.6 is 0 Å². The average Bonchev–Trinajstić information content (AvgIpc) is 2.67. The minimum Gasteiger partial charge on any atom is -0.461 e. The van der Waals surface area contributed by atoms with E-state index in [-0.39, 0.29) is 0 Å². The van der Waals surface area contributed by atoms with Crippen molar-refractivity contribution >= 4 is 11.0 Å². The number of fused-ring (bicyclic) bond motifs is 1. The van der Waals surface area contributed by atoms with Gasteiger partial charge < -0.3 is 14.6 Å². The van der Waals surface area contributed by atoms with Crippen LogP contribution < -0.4 is 5.32 Å². The summed E-state index contributed by atoms with van der Waals surface area (Å²) in [6.07, 6.45) is 5.55. The highest BCUT2D eigenvalue weighted by Crippen LogP contribution is 2.24. The monoisotopic (exact) mass is 286 g/mol. The predicted octanol–water partition coefficient (Wildman–Crippen LogP) is 3.71. The molecule has 3 rings (SSSR count). The first kappa shape index (κ1) is 14.6. The summed E-state index contributed by atoms with van der Waals surface area (Å²) >= 11 is 0. The van der Waals surface area contributed by atoms with Gasteiger partial charge in [-0.05, 0) is 38.9 Å². The molecular weight excluding hydrogens is 260 g/mol. The zero-order valence-electron chi connectivity index (χ0n) is 13.0. The molecule has 2 aromatic rings. The normalized spacial score (nSPS) is 17.2. The second kappa shape index (κ2) is 7.10. The van der Waals surface area contributed by atoms with Crippen molar-refractivity contribution < 1.29 is 4.42 Å². The van der Waals surface area contributed by atoms with E-state index in [1.165, 1.54) is 49.7 Å². The van der Waals surface area contributed by atoms with Gasteiger partial charge in [-0.2, -0.15) is 0 Å². The van der Waals surface area contributed by atoms with Crippen LogP contribution in [0, 0.1) is 6.92 Å². The number of nitrogens with one attached hydrogen (secondary N) is 1. The molecule has 3 heteroatoms. The lowest BCUT2D eigenvalue weighted by atomic mass is 10.1. The number of furan rings is 1.